The van der Waals surface area contributed by atoms with Crippen molar-refractivity contribution in [3.05, 3.63) is 112 Å². The number of nitrogens with zero attached hydrogens (tertiary/aromatic N) is 3. The Labute approximate surface area is 270 Å². The van der Waals surface area contributed by atoms with Gasteiger partial charge in [0.1, 0.15) is 5.69 Å². The highest BCUT2D eigenvalue weighted by atomic mass is 79.9. The molecule has 1 aliphatic heterocycles. The van der Waals surface area contributed by atoms with Crippen molar-refractivity contribution in [2.75, 3.05) is 18.6 Å². The van der Waals surface area contributed by atoms with Gasteiger partial charge in [0.25, 0.3) is 11.2 Å². The third kappa shape index (κ3) is 5.18. The van der Waals surface area contributed by atoms with Crippen LogP contribution in [0, 0.1) is 0 Å². The fraction of sp³-hybridized carbons (Fsp3) is 0.147. The standard InChI is InChI=1S/C34H27Br2N4O4/c1-3-43-32(41)31(37-23-17-13-21(35)14-18-23)34(33(42)44-4-2)29-27-11-7-5-9-25(27)26-10-6-8-12-28(26)30(29)38-40(39-34)24-19-15-22(36)16-20-24/h5-20H,3-4H2,1-2H3,(H,38,39)/q+1. The third-order valence-electron chi connectivity index (χ3n) is 7.28. The van der Waals surface area contributed by atoms with Gasteiger partial charge in [-0.05, 0) is 66.4 Å². The average molecular weight is 715 g/mol. The van der Waals surface area contributed by atoms with E-state index in [0.717, 1.165) is 25.1 Å². The van der Waals surface area contributed by atoms with E-state index in [1.54, 1.807) is 26.0 Å². The molecular formula is C34H27Br2N4O4+. The molecule has 0 radical (unpaired) electrons. The number of esters is 2. The summed E-state index contributed by atoms with van der Waals surface area (Å²) in [6.07, 6.45) is 0. The van der Waals surface area contributed by atoms with E-state index in [1.165, 1.54) is 4.81 Å². The van der Waals surface area contributed by atoms with Gasteiger partial charge in [-0.2, -0.15) is 0 Å². The van der Waals surface area contributed by atoms with E-state index in [4.69, 9.17) is 19.6 Å². The Morgan fingerprint density at radius 1 is 0.773 bits per heavy atom. The first-order valence-electron chi connectivity index (χ1n) is 14.1. The molecule has 1 atom stereocenters. The van der Waals surface area contributed by atoms with Crippen LogP contribution in [0.5, 0.6) is 0 Å². The molecule has 5 aromatic carbocycles. The normalized spacial score (nSPS) is 16.2. The zero-order chi connectivity index (χ0) is 30.8. The lowest BCUT2D eigenvalue weighted by Crippen LogP contribution is -2.51. The number of fused-ring (bicyclic) bond motifs is 6. The number of hydrogen-bond acceptors (Lipinski definition) is 7. The smallest absolute Gasteiger partial charge is 0.356 e. The van der Waals surface area contributed by atoms with Crippen LogP contribution in [0.3, 0.4) is 0 Å². The first-order valence-corrected chi connectivity index (χ1v) is 15.6. The van der Waals surface area contributed by atoms with Gasteiger partial charge in [-0.1, -0.05) is 80.4 Å². The van der Waals surface area contributed by atoms with E-state index in [0.29, 0.717) is 28.0 Å². The number of aliphatic imine (C=N–C) groups is 1. The Morgan fingerprint density at radius 2 is 1.32 bits per heavy atom. The minimum atomic E-state index is -2.06. The fourth-order valence-corrected chi connectivity index (χ4v) is 5.96. The minimum absolute atomic E-state index is 0.0526. The van der Waals surface area contributed by atoms with Gasteiger partial charge in [0.05, 0.1) is 18.9 Å². The molecule has 6 rings (SSSR count). The Hall–Kier alpha value is -4.41. The molecule has 0 bridgehead atoms. The van der Waals surface area contributed by atoms with Crippen molar-refractivity contribution in [3.8, 4) is 0 Å². The lowest BCUT2D eigenvalue weighted by Gasteiger charge is -2.31. The van der Waals surface area contributed by atoms with Gasteiger partial charge in [0.2, 0.25) is 0 Å². The predicted molar refractivity (Wildman–Crippen MR) is 178 cm³/mol. The molecule has 0 aliphatic carbocycles. The van der Waals surface area contributed by atoms with Gasteiger partial charge in [-0.15, -0.1) is 5.43 Å². The van der Waals surface area contributed by atoms with E-state index < -0.39 is 17.5 Å². The summed E-state index contributed by atoms with van der Waals surface area (Å²) >= 11 is 6.95. The highest BCUT2D eigenvalue weighted by Crippen LogP contribution is 2.48. The molecule has 220 valence electrons. The topological polar surface area (TPSA) is 92.4 Å². The second kappa shape index (κ2) is 12.3. The number of carbonyl (C=O) groups is 2. The number of hydrazine groups is 1. The van der Waals surface area contributed by atoms with E-state index in [-0.39, 0.29) is 18.9 Å². The number of ether oxygens (including phenoxy) is 2. The maximum absolute atomic E-state index is 14.6. The summed E-state index contributed by atoms with van der Waals surface area (Å²) in [6.45, 7) is 3.54. The highest BCUT2D eigenvalue weighted by Gasteiger charge is 2.60. The number of benzene rings is 5. The molecule has 44 heavy (non-hydrogen) atoms. The summed E-state index contributed by atoms with van der Waals surface area (Å²) in [6, 6.07) is 30.2. The summed E-state index contributed by atoms with van der Waals surface area (Å²) in [5.74, 6) is -1.54. The summed E-state index contributed by atoms with van der Waals surface area (Å²) < 4.78 is 13.1. The number of nitrogens with one attached hydrogen (secondary N) is 1. The van der Waals surface area contributed by atoms with Crippen molar-refractivity contribution < 1.29 is 23.9 Å². The number of halogens is 2. The monoisotopic (exact) mass is 713 g/mol. The van der Waals surface area contributed by atoms with E-state index in [2.05, 4.69) is 37.3 Å². The quantitative estimate of drug-likeness (QED) is 0.0788. The number of hydrogen-bond donors (Lipinski definition) is 1. The Morgan fingerprint density at radius 3 is 1.93 bits per heavy atom. The van der Waals surface area contributed by atoms with Crippen LogP contribution in [0.15, 0.2) is 116 Å². The molecule has 10 heteroatoms. The van der Waals surface area contributed by atoms with Gasteiger partial charge in [-0.25, -0.2) is 14.6 Å². The van der Waals surface area contributed by atoms with Crippen molar-refractivity contribution in [2.24, 2.45) is 10.1 Å². The lowest BCUT2D eigenvalue weighted by molar-refractivity contribution is -0.490. The molecule has 0 spiro atoms. The summed E-state index contributed by atoms with van der Waals surface area (Å²) in [5.41, 5.74) is 3.27. The molecule has 1 heterocycles. The van der Waals surface area contributed by atoms with Gasteiger partial charge < -0.3 is 9.47 Å². The molecule has 5 aromatic rings. The van der Waals surface area contributed by atoms with Crippen LogP contribution in [0.25, 0.3) is 21.5 Å². The molecule has 0 aromatic heterocycles. The van der Waals surface area contributed by atoms with Crippen molar-refractivity contribution in [2.45, 2.75) is 19.4 Å². The second-order valence-electron chi connectivity index (χ2n) is 9.93. The number of anilines is 1. The van der Waals surface area contributed by atoms with Crippen LogP contribution in [0.4, 0.5) is 17.1 Å². The molecule has 0 saturated carbocycles. The maximum atomic E-state index is 14.6. The molecular weight excluding hydrogens is 688 g/mol. The van der Waals surface area contributed by atoms with Gasteiger partial charge in [-0.3, -0.25) is 0 Å². The molecule has 8 nitrogen and oxygen atoms in total. The van der Waals surface area contributed by atoms with Crippen LogP contribution >= 0.6 is 31.9 Å². The van der Waals surface area contributed by atoms with Crippen LogP contribution in [0.2, 0.25) is 0 Å². The maximum Gasteiger partial charge on any atom is 0.356 e. The Balaban J connectivity index is 1.82. The highest BCUT2D eigenvalue weighted by molar-refractivity contribution is 9.10. The first kappa shape index (κ1) is 29.7. The van der Waals surface area contributed by atoms with Crippen LogP contribution in [0.1, 0.15) is 19.4 Å². The van der Waals surface area contributed by atoms with Crippen molar-refractivity contribution >= 4 is 88.1 Å². The lowest BCUT2D eigenvalue weighted by atomic mass is 9.79. The summed E-state index contributed by atoms with van der Waals surface area (Å²) in [5, 5.41) is 8.44. The zero-order valence-electron chi connectivity index (χ0n) is 23.9. The number of azo groups is 1. The van der Waals surface area contributed by atoms with Crippen molar-refractivity contribution in [3.63, 3.8) is 0 Å². The largest absolute Gasteiger partial charge is 0.463 e. The minimum Gasteiger partial charge on any atom is -0.463 e. The first-order chi connectivity index (χ1) is 21.4. The fourth-order valence-electron chi connectivity index (χ4n) is 5.43. The summed E-state index contributed by atoms with van der Waals surface area (Å²) in [7, 11) is 0. The molecule has 0 fully saturated rings. The Bertz CT molecular complexity index is 1970. The second-order valence-corrected chi connectivity index (χ2v) is 11.8. The molecule has 0 amide bonds. The number of carbonyl (C=O) groups excluding carboxylic acids is 2. The number of rotatable bonds is 7. The van der Waals surface area contributed by atoms with Crippen LogP contribution in [-0.2, 0) is 24.6 Å². The van der Waals surface area contributed by atoms with Gasteiger partial charge in [0, 0.05) is 41.9 Å². The molecule has 0 saturated heterocycles. The molecule has 1 unspecified atom stereocenters. The van der Waals surface area contributed by atoms with Crippen molar-refractivity contribution in [1.82, 2.24) is 0 Å². The van der Waals surface area contributed by atoms with Crippen LogP contribution < -0.4 is 5.43 Å². The third-order valence-corrected chi connectivity index (χ3v) is 8.34. The van der Waals surface area contributed by atoms with Crippen molar-refractivity contribution in [1.29, 1.82) is 0 Å². The molecule has 1 N–H and O–H groups in total. The van der Waals surface area contributed by atoms with E-state index >= 15 is 0 Å². The van der Waals surface area contributed by atoms with Crippen LogP contribution in [-0.4, -0.2) is 35.7 Å². The average Bonchev–Trinajstić information content (AvgIpc) is 3.04. The van der Waals surface area contributed by atoms with Gasteiger partial charge in [0.15, 0.2) is 5.71 Å². The summed E-state index contributed by atoms with van der Waals surface area (Å²) in [4.78, 5) is 35.0. The SMILES string of the molecule is CCOC(=O)C(=Nc1ccc(Br)cc1)C1(C(=O)OCC)N=[N+](c2ccc(Br)cc2)Nc2c1c1ccccc1c1ccccc21. The van der Waals surface area contributed by atoms with E-state index in [9.17, 15) is 9.59 Å². The van der Waals surface area contributed by atoms with E-state index in [1.807, 2.05) is 84.9 Å². The zero-order valence-corrected chi connectivity index (χ0v) is 27.1. The predicted octanol–water partition coefficient (Wildman–Crippen LogP) is 8.75. The molecule has 1 aliphatic rings. The Kier molecular flexibility index (Phi) is 8.29. The van der Waals surface area contributed by atoms with Gasteiger partial charge >= 0.3 is 11.9 Å².